The Balaban J connectivity index is 2.19. The van der Waals surface area contributed by atoms with Gasteiger partial charge in [-0.05, 0) is 6.07 Å². The van der Waals surface area contributed by atoms with E-state index in [1.807, 2.05) is 0 Å². The Labute approximate surface area is 85.6 Å². The van der Waals surface area contributed by atoms with E-state index in [1.54, 1.807) is 6.07 Å². The quantitative estimate of drug-likeness (QED) is 0.732. The fraction of sp³-hybridized carbons (Fsp3) is 0.333. The molecule has 0 aromatic carbocycles. The standard InChI is InChI=1S/C9H9N3O3/c13-7-4-6(8(14)15)5-12(7)9-10-2-1-3-11-9/h1-3,6H,4-5H2,(H,14,15)/t6-/m1/s1. The first-order valence-electron chi connectivity index (χ1n) is 4.48. The number of carbonyl (C=O) groups is 2. The number of hydrogen-bond donors (Lipinski definition) is 1. The summed E-state index contributed by atoms with van der Waals surface area (Å²) in [6.45, 7) is 0.151. The van der Waals surface area contributed by atoms with Crippen molar-refractivity contribution in [2.75, 3.05) is 11.4 Å². The second-order valence-electron chi connectivity index (χ2n) is 3.29. The van der Waals surface area contributed by atoms with Crippen molar-refractivity contribution in [3.05, 3.63) is 18.5 Å². The highest BCUT2D eigenvalue weighted by molar-refractivity contribution is 5.97. The van der Waals surface area contributed by atoms with Crippen molar-refractivity contribution in [3.8, 4) is 0 Å². The molecular formula is C9H9N3O3. The third-order valence-corrected chi connectivity index (χ3v) is 2.27. The summed E-state index contributed by atoms with van der Waals surface area (Å²) in [5.74, 6) is -1.58. The predicted octanol–water partition coefficient (Wildman–Crippen LogP) is -0.0859. The topological polar surface area (TPSA) is 83.4 Å². The van der Waals surface area contributed by atoms with E-state index in [2.05, 4.69) is 9.97 Å². The Bertz CT molecular complexity index is 393. The molecule has 1 amide bonds. The van der Waals surface area contributed by atoms with Crippen LogP contribution in [0, 0.1) is 5.92 Å². The fourth-order valence-corrected chi connectivity index (χ4v) is 1.50. The molecule has 6 heteroatoms. The molecular weight excluding hydrogens is 198 g/mol. The summed E-state index contributed by atoms with van der Waals surface area (Å²) in [5, 5.41) is 8.78. The minimum atomic E-state index is -0.957. The zero-order valence-electron chi connectivity index (χ0n) is 7.83. The summed E-state index contributed by atoms with van der Waals surface area (Å²) in [6.07, 6.45) is 3.06. The molecule has 1 saturated heterocycles. The smallest absolute Gasteiger partial charge is 0.308 e. The van der Waals surface area contributed by atoms with Crippen molar-refractivity contribution in [3.63, 3.8) is 0 Å². The maximum absolute atomic E-state index is 11.5. The van der Waals surface area contributed by atoms with Crippen LogP contribution < -0.4 is 4.90 Å². The van der Waals surface area contributed by atoms with Gasteiger partial charge in [-0.2, -0.15) is 0 Å². The summed E-state index contributed by atoms with van der Waals surface area (Å²) in [7, 11) is 0. The van der Waals surface area contributed by atoms with E-state index in [4.69, 9.17) is 5.11 Å². The van der Waals surface area contributed by atoms with Gasteiger partial charge < -0.3 is 5.11 Å². The van der Waals surface area contributed by atoms with Crippen LogP contribution in [0.3, 0.4) is 0 Å². The molecule has 1 aliphatic rings. The van der Waals surface area contributed by atoms with Gasteiger partial charge in [0.2, 0.25) is 11.9 Å². The first kappa shape index (κ1) is 9.57. The summed E-state index contributed by atoms with van der Waals surface area (Å²) in [4.78, 5) is 31.3. The Morgan fingerprint density at radius 3 is 2.67 bits per heavy atom. The highest BCUT2D eigenvalue weighted by Gasteiger charge is 2.36. The van der Waals surface area contributed by atoms with Crippen LogP contribution in [0.4, 0.5) is 5.95 Å². The lowest BCUT2D eigenvalue weighted by molar-refractivity contribution is -0.141. The van der Waals surface area contributed by atoms with E-state index in [0.717, 1.165) is 0 Å². The van der Waals surface area contributed by atoms with Crippen LogP contribution >= 0.6 is 0 Å². The molecule has 1 aromatic rings. The average Bonchev–Trinajstić information content (AvgIpc) is 2.62. The van der Waals surface area contributed by atoms with Gasteiger partial charge in [0.05, 0.1) is 5.92 Å². The largest absolute Gasteiger partial charge is 0.481 e. The van der Waals surface area contributed by atoms with E-state index in [1.165, 1.54) is 17.3 Å². The van der Waals surface area contributed by atoms with Crippen LogP contribution in [0.2, 0.25) is 0 Å². The Kier molecular flexibility index (Phi) is 2.32. The Hall–Kier alpha value is -1.98. The van der Waals surface area contributed by atoms with Crippen molar-refractivity contribution in [2.45, 2.75) is 6.42 Å². The van der Waals surface area contributed by atoms with Crippen LogP contribution in [-0.2, 0) is 9.59 Å². The second kappa shape index (κ2) is 3.64. The van der Waals surface area contributed by atoms with Crippen molar-refractivity contribution in [1.29, 1.82) is 0 Å². The zero-order chi connectivity index (χ0) is 10.8. The highest BCUT2D eigenvalue weighted by atomic mass is 16.4. The number of nitrogens with zero attached hydrogens (tertiary/aromatic N) is 3. The van der Waals surface area contributed by atoms with Crippen molar-refractivity contribution < 1.29 is 14.7 Å². The van der Waals surface area contributed by atoms with Gasteiger partial charge in [-0.25, -0.2) is 9.97 Å². The third-order valence-electron chi connectivity index (χ3n) is 2.27. The monoisotopic (exact) mass is 207 g/mol. The molecule has 2 rings (SSSR count). The van der Waals surface area contributed by atoms with Gasteiger partial charge in [-0.1, -0.05) is 0 Å². The van der Waals surface area contributed by atoms with Gasteiger partial charge >= 0.3 is 5.97 Å². The summed E-state index contributed by atoms with van der Waals surface area (Å²) >= 11 is 0. The summed E-state index contributed by atoms with van der Waals surface area (Å²) in [6, 6.07) is 1.64. The number of aliphatic carboxylic acids is 1. The lowest BCUT2D eigenvalue weighted by Crippen LogP contribution is -2.27. The van der Waals surface area contributed by atoms with Gasteiger partial charge in [0, 0.05) is 25.4 Å². The zero-order valence-corrected chi connectivity index (χ0v) is 7.83. The molecule has 2 heterocycles. The summed E-state index contributed by atoms with van der Waals surface area (Å²) < 4.78 is 0. The van der Waals surface area contributed by atoms with E-state index < -0.39 is 11.9 Å². The van der Waals surface area contributed by atoms with Crippen LogP contribution in [0.1, 0.15) is 6.42 Å². The van der Waals surface area contributed by atoms with E-state index in [9.17, 15) is 9.59 Å². The van der Waals surface area contributed by atoms with Crippen LogP contribution in [0.5, 0.6) is 0 Å². The molecule has 6 nitrogen and oxygen atoms in total. The number of carboxylic acids is 1. The van der Waals surface area contributed by atoms with Gasteiger partial charge in [-0.3, -0.25) is 14.5 Å². The van der Waals surface area contributed by atoms with E-state index in [-0.39, 0.29) is 24.8 Å². The normalized spacial score (nSPS) is 20.7. The lowest BCUT2D eigenvalue weighted by atomic mass is 10.1. The number of amides is 1. The Morgan fingerprint density at radius 1 is 1.47 bits per heavy atom. The molecule has 1 aliphatic heterocycles. The van der Waals surface area contributed by atoms with Gasteiger partial charge in [0.1, 0.15) is 0 Å². The molecule has 0 spiro atoms. The average molecular weight is 207 g/mol. The van der Waals surface area contributed by atoms with E-state index in [0.29, 0.717) is 0 Å². The van der Waals surface area contributed by atoms with Crippen molar-refractivity contribution >= 4 is 17.8 Å². The third kappa shape index (κ3) is 1.78. The molecule has 0 saturated carbocycles. The number of carbonyl (C=O) groups excluding carboxylic acids is 1. The maximum atomic E-state index is 11.5. The first-order chi connectivity index (χ1) is 7.18. The molecule has 0 aliphatic carbocycles. The van der Waals surface area contributed by atoms with Crippen LogP contribution in [0.25, 0.3) is 0 Å². The van der Waals surface area contributed by atoms with Crippen molar-refractivity contribution in [2.24, 2.45) is 5.92 Å². The minimum absolute atomic E-state index is 0.0214. The van der Waals surface area contributed by atoms with E-state index >= 15 is 0 Å². The number of anilines is 1. The number of hydrogen-bond acceptors (Lipinski definition) is 4. The van der Waals surface area contributed by atoms with Crippen LogP contribution in [0.15, 0.2) is 18.5 Å². The van der Waals surface area contributed by atoms with Gasteiger partial charge in [0.25, 0.3) is 0 Å². The number of carboxylic acid groups (broad SMARTS) is 1. The molecule has 78 valence electrons. The maximum Gasteiger partial charge on any atom is 0.308 e. The first-order valence-corrected chi connectivity index (χ1v) is 4.48. The molecule has 1 N–H and O–H groups in total. The predicted molar refractivity (Wildman–Crippen MR) is 50.1 cm³/mol. The molecule has 15 heavy (non-hydrogen) atoms. The molecule has 0 bridgehead atoms. The molecule has 1 atom stereocenters. The highest BCUT2D eigenvalue weighted by Crippen LogP contribution is 2.21. The van der Waals surface area contributed by atoms with Crippen molar-refractivity contribution in [1.82, 2.24) is 9.97 Å². The molecule has 1 fully saturated rings. The van der Waals surface area contributed by atoms with Gasteiger partial charge in [-0.15, -0.1) is 0 Å². The SMILES string of the molecule is O=C(O)[C@@H]1CC(=O)N(c2ncccn2)C1. The van der Waals surface area contributed by atoms with Crippen LogP contribution in [-0.4, -0.2) is 33.5 Å². The number of aromatic nitrogens is 2. The minimum Gasteiger partial charge on any atom is -0.481 e. The lowest BCUT2D eigenvalue weighted by Gasteiger charge is -2.12. The molecule has 1 aromatic heterocycles. The Morgan fingerprint density at radius 2 is 2.13 bits per heavy atom. The number of rotatable bonds is 2. The summed E-state index contributed by atoms with van der Waals surface area (Å²) in [5.41, 5.74) is 0. The molecule has 0 unspecified atom stereocenters. The second-order valence-corrected chi connectivity index (χ2v) is 3.29. The van der Waals surface area contributed by atoms with Gasteiger partial charge in [0.15, 0.2) is 0 Å². The fourth-order valence-electron chi connectivity index (χ4n) is 1.50. The molecule has 0 radical (unpaired) electrons.